The summed E-state index contributed by atoms with van der Waals surface area (Å²) < 4.78 is 22.5. The van der Waals surface area contributed by atoms with Crippen molar-refractivity contribution in [3.63, 3.8) is 0 Å². The van der Waals surface area contributed by atoms with E-state index >= 15 is 0 Å². The number of ether oxygens (including phenoxy) is 1. The zero-order chi connectivity index (χ0) is 9.80. The summed E-state index contributed by atoms with van der Waals surface area (Å²) in [4.78, 5) is 3.44. The summed E-state index contributed by atoms with van der Waals surface area (Å²) >= 11 is 0. The lowest BCUT2D eigenvalue weighted by molar-refractivity contribution is 0.248. The first kappa shape index (κ1) is 8.68. The molecule has 0 radical (unpaired) electrons. The number of hydrogen-bond acceptors (Lipinski definition) is 4. The molecule has 72 valence electrons. The molecule has 4 nitrogen and oxygen atoms in total. The minimum atomic E-state index is -0.531. The summed E-state index contributed by atoms with van der Waals surface area (Å²) in [5, 5.41) is 3.52. The Hall–Kier alpha value is -1.91. The van der Waals surface area contributed by atoms with Gasteiger partial charge in [0.1, 0.15) is 12.4 Å². The molecule has 0 fully saturated rings. The Bertz CT molecular complexity index is 386. The van der Waals surface area contributed by atoms with Crippen LogP contribution >= 0.6 is 0 Å². The molecule has 0 atom stereocenters. The maximum absolute atomic E-state index is 12.4. The molecule has 2 aromatic rings. The van der Waals surface area contributed by atoms with E-state index in [-0.39, 0.29) is 6.61 Å². The van der Waals surface area contributed by atoms with Gasteiger partial charge >= 0.3 is 0 Å². The van der Waals surface area contributed by atoms with Gasteiger partial charge < -0.3 is 9.26 Å². The van der Waals surface area contributed by atoms with E-state index < -0.39 is 5.95 Å². The molecule has 0 spiro atoms. The molecule has 2 rings (SSSR count). The third-order valence-electron chi connectivity index (χ3n) is 1.57. The Balaban J connectivity index is 1.95. The van der Waals surface area contributed by atoms with E-state index in [4.69, 9.17) is 9.26 Å². The van der Waals surface area contributed by atoms with Crippen molar-refractivity contribution in [3.8, 4) is 5.75 Å². The molecule has 0 aliphatic carbocycles. The summed E-state index contributed by atoms with van der Waals surface area (Å²) in [6.07, 6.45) is 2.84. The zero-order valence-electron chi connectivity index (χ0n) is 7.18. The monoisotopic (exact) mass is 194 g/mol. The Morgan fingerprint density at radius 3 is 2.93 bits per heavy atom. The van der Waals surface area contributed by atoms with Crippen LogP contribution in [-0.2, 0) is 6.61 Å². The van der Waals surface area contributed by atoms with E-state index in [9.17, 15) is 4.39 Å². The molecule has 2 aromatic heterocycles. The van der Waals surface area contributed by atoms with Crippen molar-refractivity contribution in [2.45, 2.75) is 6.61 Å². The first-order chi connectivity index (χ1) is 6.84. The Kier molecular flexibility index (Phi) is 2.40. The van der Waals surface area contributed by atoms with E-state index in [1.54, 1.807) is 6.07 Å². The highest BCUT2D eigenvalue weighted by molar-refractivity contribution is 5.16. The summed E-state index contributed by atoms with van der Waals surface area (Å²) in [5.41, 5.74) is 0. The van der Waals surface area contributed by atoms with E-state index in [2.05, 4.69) is 10.1 Å². The van der Waals surface area contributed by atoms with Gasteiger partial charge in [0.05, 0.1) is 12.4 Å². The highest BCUT2D eigenvalue weighted by Crippen LogP contribution is 2.10. The van der Waals surface area contributed by atoms with E-state index in [1.165, 1.54) is 24.5 Å². The SMILES string of the molecule is Fc1ccc(OCc2ccno2)cn1. The molecule has 0 N–H and O–H groups in total. The average molecular weight is 194 g/mol. The van der Waals surface area contributed by atoms with E-state index in [1.807, 2.05) is 0 Å². The lowest BCUT2D eigenvalue weighted by Crippen LogP contribution is -1.94. The van der Waals surface area contributed by atoms with Crippen molar-refractivity contribution in [2.24, 2.45) is 0 Å². The normalized spacial score (nSPS) is 10.1. The lowest BCUT2D eigenvalue weighted by atomic mass is 10.4. The van der Waals surface area contributed by atoms with Gasteiger partial charge in [0.25, 0.3) is 0 Å². The maximum Gasteiger partial charge on any atom is 0.213 e. The van der Waals surface area contributed by atoms with Gasteiger partial charge in [-0.1, -0.05) is 5.16 Å². The summed E-state index contributed by atoms with van der Waals surface area (Å²) in [7, 11) is 0. The molecule has 0 aliphatic heterocycles. The van der Waals surface area contributed by atoms with Gasteiger partial charge in [-0.15, -0.1) is 0 Å². The van der Waals surface area contributed by atoms with Crippen LogP contribution in [-0.4, -0.2) is 10.1 Å². The molecular formula is C9H7FN2O2. The number of rotatable bonds is 3. The predicted molar refractivity (Wildman–Crippen MR) is 45.0 cm³/mol. The van der Waals surface area contributed by atoms with Crippen LogP contribution in [0.1, 0.15) is 5.76 Å². The molecule has 0 amide bonds. The van der Waals surface area contributed by atoms with Gasteiger partial charge in [0, 0.05) is 6.07 Å². The smallest absolute Gasteiger partial charge is 0.213 e. The molecular weight excluding hydrogens is 187 g/mol. The lowest BCUT2D eigenvalue weighted by Gasteiger charge is -2.01. The second-order valence-electron chi connectivity index (χ2n) is 2.58. The minimum Gasteiger partial charge on any atom is -0.484 e. The van der Waals surface area contributed by atoms with Gasteiger partial charge in [-0.2, -0.15) is 4.39 Å². The molecule has 5 heteroatoms. The van der Waals surface area contributed by atoms with Crippen molar-refractivity contribution in [1.29, 1.82) is 0 Å². The molecule has 2 heterocycles. The highest BCUT2D eigenvalue weighted by Gasteiger charge is 1.99. The van der Waals surface area contributed by atoms with Crippen LogP contribution in [0.5, 0.6) is 5.75 Å². The van der Waals surface area contributed by atoms with Crippen molar-refractivity contribution in [1.82, 2.24) is 10.1 Å². The number of halogens is 1. The second-order valence-corrected chi connectivity index (χ2v) is 2.58. The Morgan fingerprint density at radius 2 is 2.29 bits per heavy atom. The standard InChI is InChI=1S/C9H7FN2O2/c10-9-2-1-7(5-11-9)13-6-8-3-4-12-14-8/h1-5H,6H2. The van der Waals surface area contributed by atoms with E-state index in [0.29, 0.717) is 11.5 Å². The summed E-state index contributed by atoms with van der Waals surface area (Å²) in [6, 6.07) is 4.42. The quantitative estimate of drug-likeness (QED) is 0.699. The number of aromatic nitrogens is 2. The fourth-order valence-corrected chi connectivity index (χ4v) is 0.919. The molecule has 0 unspecified atom stereocenters. The van der Waals surface area contributed by atoms with E-state index in [0.717, 1.165) is 0 Å². The fraction of sp³-hybridized carbons (Fsp3) is 0.111. The van der Waals surface area contributed by atoms with Gasteiger partial charge in [-0.25, -0.2) is 4.98 Å². The van der Waals surface area contributed by atoms with Crippen LogP contribution in [0, 0.1) is 5.95 Å². The number of hydrogen-bond donors (Lipinski definition) is 0. The maximum atomic E-state index is 12.4. The van der Waals surface area contributed by atoms with Crippen molar-refractivity contribution in [2.75, 3.05) is 0 Å². The van der Waals surface area contributed by atoms with Gasteiger partial charge in [0.15, 0.2) is 5.76 Å². The minimum absolute atomic E-state index is 0.257. The van der Waals surface area contributed by atoms with Crippen LogP contribution in [0.15, 0.2) is 35.1 Å². The average Bonchev–Trinajstić information content (AvgIpc) is 2.70. The molecule has 0 saturated heterocycles. The molecule has 0 bridgehead atoms. The van der Waals surface area contributed by atoms with Gasteiger partial charge in [-0.05, 0) is 12.1 Å². The van der Waals surface area contributed by atoms with Crippen LogP contribution < -0.4 is 4.74 Å². The third-order valence-corrected chi connectivity index (χ3v) is 1.57. The third kappa shape index (κ3) is 2.07. The molecule has 14 heavy (non-hydrogen) atoms. The topological polar surface area (TPSA) is 48.2 Å². The Labute approximate surface area is 79.3 Å². The number of pyridine rings is 1. The highest BCUT2D eigenvalue weighted by atomic mass is 19.1. The van der Waals surface area contributed by atoms with Gasteiger partial charge in [0.2, 0.25) is 5.95 Å². The van der Waals surface area contributed by atoms with Gasteiger partial charge in [-0.3, -0.25) is 0 Å². The van der Waals surface area contributed by atoms with Crippen molar-refractivity contribution < 1.29 is 13.7 Å². The van der Waals surface area contributed by atoms with Crippen molar-refractivity contribution >= 4 is 0 Å². The van der Waals surface area contributed by atoms with Crippen LogP contribution in [0.25, 0.3) is 0 Å². The summed E-state index contributed by atoms with van der Waals surface area (Å²) in [5.74, 6) is 0.564. The van der Waals surface area contributed by atoms with Crippen LogP contribution in [0.2, 0.25) is 0 Å². The number of nitrogens with zero attached hydrogens (tertiary/aromatic N) is 2. The van der Waals surface area contributed by atoms with Crippen LogP contribution in [0.4, 0.5) is 4.39 Å². The first-order valence-electron chi connectivity index (χ1n) is 3.98. The molecule has 0 saturated carbocycles. The fourth-order valence-electron chi connectivity index (χ4n) is 0.919. The van der Waals surface area contributed by atoms with Crippen molar-refractivity contribution in [3.05, 3.63) is 42.3 Å². The predicted octanol–water partition coefficient (Wildman–Crippen LogP) is 1.79. The molecule has 0 aromatic carbocycles. The van der Waals surface area contributed by atoms with Crippen LogP contribution in [0.3, 0.4) is 0 Å². The molecule has 0 aliphatic rings. The summed E-state index contributed by atoms with van der Waals surface area (Å²) in [6.45, 7) is 0.257. The zero-order valence-corrected chi connectivity index (χ0v) is 7.18. The Morgan fingerprint density at radius 1 is 1.36 bits per heavy atom. The second kappa shape index (κ2) is 3.87. The first-order valence-corrected chi connectivity index (χ1v) is 3.98. The largest absolute Gasteiger partial charge is 0.484 e.